The van der Waals surface area contributed by atoms with E-state index in [1.807, 2.05) is 6.92 Å². The maximum Gasteiger partial charge on any atom is 0.416 e. The van der Waals surface area contributed by atoms with Crippen LogP contribution in [-0.4, -0.2) is 34.2 Å². The fourth-order valence-electron chi connectivity index (χ4n) is 4.27. The minimum Gasteiger partial charge on any atom is -0.480 e. The number of benzene rings is 2. The van der Waals surface area contributed by atoms with Crippen LogP contribution in [0, 0.1) is 5.92 Å². The third kappa shape index (κ3) is 5.74. The molecule has 0 radical (unpaired) electrons. The Kier molecular flexibility index (Phi) is 7.47. The van der Waals surface area contributed by atoms with Gasteiger partial charge in [0, 0.05) is 12.2 Å². The van der Waals surface area contributed by atoms with Crippen molar-refractivity contribution in [3.8, 4) is 11.1 Å². The lowest BCUT2D eigenvalue weighted by molar-refractivity contribution is -0.146. The second-order valence-corrected chi connectivity index (χ2v) is 8.80. The molecule has 3 rings (SSSR count). The van der Waals surface area contributed by atoms with Crippen molar-refractivity contribution in [2.75, 3.05) is 6.61 Å². The number of nitrogens with one attached hydrogen (secondary N) is 1. The van der Waals surface area contributed by atoms with Crippen molar-refractivity contribution in [1.82, 2.24) is 5.32 Å². The zero-order valence-electron chi connectivity index (χ0n) is 18.4. The molecule has 0 bridgehead atoms. The number of carboxylic acids is 1. The number of amides is 1. The lowest BCUT2D eigenvalue weighted by Crippen LogP contribution is -2.56. The predicted octanol–water partition coefficient (Wildman–Crippen LogP) is 5.06. The molecular formula is C25H28F3NO4. The molecule has 1 amide bonds. The van der Waals surface area contributed by atoms with Crippen LogP contribution in [0.2, 0.25) is 0 Å². The average molecular weight is 463 g/mol. The molecule has 1 aliphatic carbocycles. The van der Waals surface area contributed by atoms with Gasteiger partial charge in [-0.05, 0) is 85.4 Å². The molecule has 178 valence electrons. The Morgan fingerprint density at radius 2 is 1.82 bits per heavy atom. The second-order valence-electron chi connectivity index (χ2n) is 8.80. The Morgan fingerprint density at radius 1 is 1.12 bits per heavy atom. The number of carbonyl (C=O) groups is 2. The van der Waals surface area contributed by atoms with Crippen LogP contribution < -0.4 is 5.32 Å². The molecule has 1 aliphatic rings. The summed E-state index contributed by atoms with van der Waals surface area (Å²) in [5.74, 6) is -1.28. The molecule has 0 atom stereocenters. The summed E-state index contributed by atoms with van der Waals surface area (Å²) in [7, 11) is 0. The molecule has 5 nitrogen and oxygen atoms in total. The summed E-state index contributed by atoms with van der Waals surface area (Å²) in [4.78, 5) is 25.0. The number of aliphatic carboxylic acids is 1. The highest BCUT2D eigenvalue weighted by atomic mass is 19.4. The number of hydrogen-bond donors (Lipinski definition) is 3. The van der Waals surface area contributed by atoms with Gasteiger partial charge in [0.2, 0.25) is 0 Å². The van der Waals surface area contributed by atoms with Crippen LogP contribution in [0.3, 0.4) is 0 Å². The smallest absolute Gasteiger partial charge is 0.416 e. The SMILES string of the molecule is CC1CCC(NC(=O)c2ccc(CCCO)c(-c3cccc(C(F)(F)F)c3)c2)(C(=O)O)CC1. The first kappa shape index (κ1) is 24.8. The first-order chi connectivity index (χ1) is 15.6. The summed E-state index contributed by atoms with van der Waals surface area (Å²) in [6, 6.07) is 9.55. The molecule has 0 heterocycles. The number of carboxylic acid groups (broad SMARTS) is 1. The average Bonchev–Trinajstić information content (AvgIpc) is 2.78. The number of halogens is 3. The fraction of sp³-hybridized carbons (Fsp3) is 0.440. The minimum absolute atomic E-state index is 0.0795. The largest absolute Gasteiger partial charge is 0.480 e. The van der Waals surface area contributed by atoms with E-state index in [4.69, 9.17) is 0 Å². The van der Waals surface area contributed by atoms with E-state index >= 15 is 0 Å². The van der Waals surface area contributed by atoms with E-state index in [9.17, 15) is 33.0 Å². The van der Waals surface area contributed by atoms with Crippen molar-refractivity contribution >= 4 is 11.9 Å². The summed E-state index contributed by atoms with van der Waals surface area (Å²) >= 11 is 0. The molecule has 0 saturated heterocycles. The fourth-order valence-corrected chi connectivity index (χ4v) is 4.27. The maximum atomic E-state index is 13.2. The van der Waals surface area contributed by atoms with Crippen LogP contribution in [0.1, 0.15) is 60.5 Å². The quantitative estimate of drug-likeness (QED) is 0.536. The summed E-state index contributed by atoms with van der Waals surface area (Å²) < 4.78 is 39.7. The third-order valence-corrected chi connectivity index (χ3v) is 6.37. The van der Waals surface area contributed by atoms with Gasteiger partial charge in [-0.25, -0.2) is 4.79 Å². The van der Waals surface area contributed by atoms with E-state index < -0.39 is 29.2 Å². The molecule has 2 aromatic rings. The molecular weight excluding hydrogens is 435 g/mol. The molecule has 33 heavy (non-hydrogen) atoms. The van der Waals surface area contributed by atoms with Gasteiger partial charge >= 0.3 is 12.1 Å². The summed E-state index contributed by atoms with van der Waals surface area (Å²) in [6.45, 7) is 1.96. The molecule has 0 unspecified atom stereocenters. The standard InChI is InChI=1S/C25H28F3NO4/c1-16-9-11-24(12-10-16,23(32)33)29-22(31)19-8-7-17(5-3-13-30)21(15-19)18-4-2-6-20(14-18)25(26,27)28/h2,4,6-8,14-16,30H,3,5,9-13H2,1H3,(H,29,31)(H,32,33). The Bertz CT molecular complexity index is 1010. The van der Waals surface area contributed by atoms with Crippen molar-refractivity contribution in [3.63, 3.8) is 0 Å². The summed E-state index contributed by atoms with van der Waals surface area (Å²) in [5.41, 5.74) is -0.538. The first-order valence-corrected chi connectivity index (χ1v) is 11.0. The number of aliphatic hydroxyl groups excluding tert-OH is 1. The van der Waals surface area contributed by atoms with Crippen molar-refractivity contribution in [1.29, 1.82) is 0 Å². The topological polar surface area (TPSA) is 86.6 Å². The highest BCUT2D eigenvalue weighted by molar-refractivity contribution is 5.99. The predicted molar refractivity (Wildman–Crippen MR) is 118 cm³/mol. The van der Waals surface area contributed by atoms with Crippen molar-refractivity contribution < 1.29 is 33.0 Å². The van der Waals surface area contributed by atoms with Gasteiger partial charge in [0.05, 0.1) is 5.56 Å². The molecule has 8 heteroatoms. The number of aliphatic hydroxyl groups is 1. The Labute approximate surface area is 190 Å². The molecule has 1 fully saturated rings. The Balaban J connectivity index is 1.97. The van der Waals surface area contributed by atoms with Gasteiger partial charge in [-0.15, -0.1) is 0 Å². The van der Waals surface area contributed by atoms with Crippen LogP contribution >= 0.6 is 0 Å². The molecule has 0 spiro atoms. The number of hydrogen-bond acceptors (Lipinski definition) is 3. The Hall–Kier alpha value is -2.87. The van der Waals surface area contributed by atoms with Gasteiger partial charge in [-0.3, -0.25) is 4.79 Å². The highest BCUT2D eigenvalue weighted by Crippen LogP contribution is 2.35. The van der Waals surface area contributed by atoms with Gasteiger partial charge < -0.3 is 15.5 Å². The van der Waals surface area contributed by atoms with Crippen LogP contribution in [0.25, 0.3) is 11.1 Å². The van der Waals surface area contributed by atoms with E-state index in [0.29, 0.717) is 61.1 Å². The van der Waals surface area contributed by atoms with E-state index in [1.54, 1.807) is 12.1 Å². The summed E-state index contributed by atoms with van der Waals surface area (Å²) in [5, 5.41) is 21.7. The monoisotopic (exact) mass is 463 g/mol. The van der Waals surface area contributed by atoms with Crippen molar-refractivity contribution in [2.24, 2.45) is 5.92 Å². The second kappa shape index (κ2) is 9.95. The molecule has 0 aliphatic heterocycles. The number of rotatable bonds is 7. The highest BCUT2D eigenvalue weighted by Gasteiger charge is 2.42. The van der Waals surface area contributed by atoms with E-state index in [1.165, 1.54) is 18.2 Å². The van der Waals surface area contributed by atoms with Gasteiger partial charge in [-0.2, -0.15) is 13.2 Å². The molecule has 0 aromatic heterocycles. The van der Waals surface area contributed by atoms with E-state index in [-0.39, 0.29) is 12.2 Å². The van der Waals surface area contributed by atoms with E-state index in [0.717, 1.165) is 12.1 Å². The molecule has 3 N–H and O–H groups in total. The third-order valence-electron chi connectivity index (χ3n) is 6.37. The lowest BCUT2D eigenvalue weighted by Gasteiger charge is -2.36. The maximum absolute atomic E-state index is 13.2. The first-order valence-electron chi connectivity index (χ1n) is 11.0. The molecule has 1 saturated carbocycles. The van der Waals surface area contributed by atoms with Gasteiger partial charge in [0.1, 0.15) is 5.54 Å². The van der Waals surface area contributed by atoms with Crippen LogP contribution in [0.4, 0.5) is 13.2 Å². The van der Waals surface area contributed by atoms with Crippen molar-refractivity contribution in [3.05, 3.63) is 59.2 Å². The van der Waals surface area contributed by atoms with E-state index in [2.05, 4.69) is 5.32 Å². The van der Waals surface area contributed by atoms with Crippen molar-refractivity contribution in [2.45, 2.75) is 57.2 Å². The Morgan fingerprint density at radius 3 is 2.42 bits per heavy atom. The number of carbonyl (C=O) groups excluding carboxylic acids is 1. The normalized spacial score (nSPS) is 20.9. The van der Waals surface area contributed by atoms with Gasteiger partial charge in [0.25, 0.3) is 5.91 Å². The molecule has 2 aromatic carbocycles. The van der Waals surface area contributed by atoms with Crippen LogP contribution in [0.5, 0.6) is 0 Å². The van der Waals surface area contributed by atoms with Gasteiger partial charge in [0.15, 0.2) is 0 Å². The zero-order chi connectivity index (χ0) is 24.2. The lowest BCUT2D eigenvalue weighted by atomic mass is 9.77. The number of alkyl halides is 3. The summed E-state index contributed by atoms with van der Waals surface area (Å²) in [6.07, 6.45) is -1.67. The van der Waals surface area contributed by atoms with Crippen LogP contribution in [0.15, 0.2) is 42.5 Å². The zero-order valence-corrected chi connectivity index (χ0v) is 18.4. The van der Waals surface area contributed by atoms with Gasteiger partial charge in [-0.1, -0.05) is 25.1 Å². The minimum atomic E-state index is -4.51. The van der Waals surface area contributed by atoms with Crippen LogP contribution in [-0.2, 0) is 17.4 Å². The number of aryl methyl sites for hydroxylation is 1.